The van der Waals surface area contributed by atoms with Crippen LogP contribution in [-0.4, -0.2) is 30.9 Å². The molecule has 0 amide bonds. The zero-order chi connectivity index (χ0) is 27.4. The molecule has 1 aliphatic carbocycles. The molecule has 6 nitrogen and oxygen atoms in total. The Labute approximate surface area is 219 Å². The Balaban J connectivity index is 2.36. The van der Waals surface area contributed by atoms with Crippen LogP contribution in [0.15, 0.2) is 88.8 Å². The fourth-order valence-electron chi connectivity index (χ4n) is 3.68. The lowest BCUT2D eigenvalue weighted by atomic mass is 9.97. The molecule has 0 fully saturated rings. The lowest BCUT2D eigenvalue weighted by Crippen LogP contribution is -2.17. The predicted octanol–water partition coefficient (Wildman–Crippen LogP) is 6.61. The number of ether oxygens (including phenoxy) is 3. The fraction of sp³-hybridized carbons (Fsp3) is 0.323. The van der Waals surface area contributed by atoms with Crippen molar-refractivity contribution in [2.45, 2.75) is 60.0 Å². The van der Waals surface area contributed by atoms with Crippen LogP contribution in [0.1, 0.15) is 59.4 Å². The van der Waals surface area contributed by atoms with E-state index < -0.39 is 18.0 Å². The molecular formula is C31H36O6. The smallest absolute Gasteiger partial charge is 0.308 e. The predicted molar refractivity (Wildman–Crippen MR) is 146 cm³/mol. The van der Waals surface area contributed by atoms with E-state index in [4.69, 9.17) is 14.2 Å². The Morgan fingerprint density at radius 1 is 0.919 bits per heavy atom. The summed E-state index contributed by atoms with van der Waals surface area (Å²) < 4.78 is 16.3. The van der Waals surface area contributed by atoms with Crippen LogP contribution in [0, 0.1) is 0 Å². The summed E-state index contributed by atoms with van der Waals surface area (Å²) in [6, 6.07) is 6.77. The van der Waals surface area contributed by atoms with Gasteiger partial charge in [-0.15, -0.1) is 0 Å². The molecule has 37 heavy (non-hydrogen) atoms. The van der Waals surface area contributed by atoms with Crippen molar-refractivity contribution < 1.29 is 28.6 Å². The zero-order valence-electron chi connectivity index (χ0n) is 22.5. The van der Waals surface area contributed by atoms with E-state index >= 15 is 0 Å². The molecule has 1 aromatic carbocycles. The molecule has 0 saturated heterocycles. The van der Waals surface area contributed by atoms with E-state index in [0.717, 1.165) is 18.4 Å². The molecule has 6 heteroatoms. The number of carbonyl (C=O) groups is 3. The molecule has 1 atom stereocenters. The van der Waals surface area contributed by atoms with Gasteiger partial charge in [0.1, 0.15) is 17.6 Å². The average Bonchev–Trinajstić information content (AvgIpc) is 3.00. The van der Waals surface area contributed by atoms with Gasteiger partial charge in [-0.05, 0) is 69.9 Å². The first-order valence-electron chi connectivity index (χ1n) is 12.2. The van der Waals surface area contributed by atoms with Gasteiger partial charge in [0.2, 0.25) is 0 Å². The fourth-order valence-corrected chi connectivity index (χ4v) is 3.68. The van der Waals surface area contributed by atoms with Crippen molar-refractivity contribution in [2.75, 3.05) is 7.11 Å². The Morgan fingerprint density at radius 2 is 1.59 bits per heavy atom. The maximum atomic E-state index is 13.3. The Morgan fingerprint density at radius 3 is 2.19 bits per heavy atom. The first-order valence-corrected chi connectivity index (χ1v) is 12.2. The minimum Gasteiger partial charge on any atom is -0.427 e. The molecule has 0 heterocycles. The van der Waals surface area contributed by atoms with Gasteiger partial charge in [-0.1, -0.05) is 53.7 Å². The summed E-state index contributed by atoms with van der Waals surface area (Å²) in [5.41, 5.74) is 4.19. The molecule has 0 radical (unpaired) electrons. The lowest BCUT2D eigenvalue weighted by Gasteiger charge is -2.19. The molecule has 1 aromatic rings. The van der Waals surface area contributed by atoms with Gasteiger partial charge >= 0.3 is 11.9 Å². The second-order valence-corrected chi connectivity index (χ2v) is 9.00. The van der Waals surface area contributed by atoms with Gasteiger partial charge in [-0.3, -0.25) is 14.4 Å². The molecule has 2 rings (SSSR count). The molecule has 0 aliphatic heterocycles. The number of ketones is 1. The first kappa shape index (κ1) is 29.5. The lowest BCUT2D eigenvalue weighted by molar-refractivity contribution is -0.137. The van der Waals surface area contributed by atoms with Crippen molar-refractivity contribution in [1.29, 1.82) is 0 Å². The molecule has 0 aromatic heterocycles. The van der Waals surface area contributed by atoms with Crippen LogP contribution >= 0.6 is 0 Å². The summed E-state index contributed by atoms with van der Waals surface area (Å²) in [5.74, 6) is -0.592. The maximum absolute atomic E-state index is 13.3. The second-order valence-electron chi connectivity index (χ2n) is 9.00. The molecular weight excluding hydrogens is 468 g/mol. The van der Waals surface area contributed by atoms with Crippen molar-refractivity contribution in [3.8, 4) is 5.75 Å². The minimum atomic E-state index is -0.516. The summed E-state index contributed by atoms with van der Waals surface area (Å²) in [6.45, 7) is 8.87. The standard InChI is InChI=1S/C31H36O6/c1-21(2)9-7-10-22(3)13-19-28-30(35-6)12-8-11-27(31(28)37-24(5)33)29(34)20-16-25-14-17-26(18-15-25)36-23(4)32/h8-9,11-18,20,30H,7,10,19H2,1-6H3/b20-16+,22-13+. The third kappa shape index (κ3) is 10.0. The highest BCUT2D eigenvalue weighted by Gasteiger charge is 2.25. The van der Waals surface area contributed by atoms with Gasteiger partial charge in [0, 0.05) is 26.5 Å². The average molecular weight is 505 g/mol. The van der Waals surface area contributed by atoms with Crippen molar-refractivity contribution >= 4 is 23.8 Å². The largest absolute Gasteiger partial charge is 0.427 e. The van der Waals surface area contributed by atoms with E-state index in [9.17, 15) is 14.4 Å². The molecule has 0 spiro atoms. The Kier molecular flexibility index (Phi) is 11.7. The second kappa shape index (κ2) is 14.7. The van der Waals surface area contributed by atoms with E-state index in [1.165, 1.54) is 31.1 Å². The third-order valence-electron chi connectivity index (χ3n) is 5.52. The molecule has 0 saturated carbocycles. The van der Waals surface area contributed by atoms with Crippen LogP contribution in [-0.2, 0) is 23.9 Å². The highest BCUT2D eigenvalue weighted by Crippen LogP contribution is 2.29. The number of rotatable bonds is 11. The van der Waals surface area contributed by atoms with Crippen molar-refractivity contribution in [2.24, 2.45) is 0 Å². The van der Waals surface area contributed by atoms with E-state index in [2.05, 4.69) is 32.9 Å². The van der Waals surface area contributed by atoms with Crippen molar-refractivity contribution in [3.05, 3.63) is 94.3 Å². The van der Waals surface area contributed by atoms with Gasteiger partial charge in [0.05, 0.1) is 5.57 Å². The zero-order valence-corrected chi connectivity index (χ0v) is 22.5. The van der Waals surface area contributed by atoms with Crippen LogP contribution < -0.4 is 4.74 Å². The maximum Gasteiger partial charge on any atom is 0.308 e. The van der Waals surface area contributed by atoms with Crippen LogP contribution in [0.2, 0.25) is 0 Å². The molecule has 0 bridgehead atoms. The monoisotopic (exact) mass is 504 g/mol. The number of allylic oxidation sites excluding steroid dienone is 8. The number of benzene rings is 1. The summed E-state index contributed by atoms with van der Waals surface area (Å²) in [4.78, 5) is 36.4. The minimum absolute atomic E-state index is 0.220. The summed E-state index contributed by atoms with van der Waals surface area (Å²) in [5, 5.41) is 0. The van der Waals surface area contributed by atoms with Crippen molar-refractivity contribution in [1.82, 2.24) is 0 Å². The van der Waals surface area contributed by atoms with E-state index in [1.807, 2.05) is 6.08 Å². The molecule has 0 N–H and O–H groups in total. The summed E-state index contributed by atoms with van der Waals surface area (Å²) >= 11 is 0. The highest BCUT2D eigenvalue weighted by molar-refractivity contribution is 6.09. The number of methoxy groups -OCH3 is 1. The van der Waals surface area contributed by atoms with Gasteiger partial charge < -0.3 is 14.2 Å². The van der Waals surface area contributed by atoms with Gasteiger partial charge in [-0.2, -0.15) is 0 Å². The highest BCUT2D eigenvalue weighted by atomic mass is 16.5. The van der Waals surface area contributed by atoms with E-state index in [1.54, 1.807) is 49.6 Å². The number of hydrogen-bond acceptors (Lipinski definition) is 6. The summed E-state index contributed by atoms with van der Waals surface area (Å²) in [6.07, 6.45) is 14.5. The third-order valence-corrected chi connectivity index (χ3v) is 5.52. The summed E-state index contributed by atoms with van der Waals surface area (Å²) in [7, 11) is 1.58. The van der Waals surface area contributed by atoms with Crippen molar-refractivity contribution in [3.63, 3.8) is 0 Å². The molecule has 1 aliphatic rings. The number of hydrogen-bond donors (Lipinski definition) is 0. The Hall–Kier alpha value is -3.77. The molecule has 196 valence electrons. The van der Waals surface area contributed by atoms with Crippen LogP contribution in [0.25, 0.3) is 6.08 Å². The Bertz CT molecular complexity index is 1170. The van der Waals surface area contributed by atoms with Crippen LogP contribution in [0.3, 0.4) is 0 Å². The normalized spacial score (nSPS) is 15.8. The SMILES string of the molecule is COC1C=CC=C(C(=O)/C=C/c2ccc(OC(C)=O)cc2)C(OC(C)=O)=C1C/C=C(\C)CCC=C(C)C. The topological polar surface area (TPSA) is 78.9 Å². The quantitative estimate of drug-likeness (QED) is 0.146. The number of carbonyl (C=O) groups excluding carboxylic acids is 3. The first-order chi connectivity index (χ1) is 17.6. The van der Waals surface area contributed by atoms with Gasteiger partial charge in [0.15, 0.2) is 5.78 Å². The van der Waals surface area contributed by atoms with E-state index in [-0.39, 0.29) is 17.1 Å². The van der Waals surface area contributed by atoms with Crippen LogP contribution in [0.5, 0.6) is 5.75 Å². The van der Waals surface area contributed by atoms with E-state index in [0.29, 0.717) is 17.7 Å². The van der Waals surface area contributed by atoms with Gasteiger partial charge in [-0.25, -0.2) is 0 Å². The molecule has 1 unspecified atom stereocenters. The number of esters is 2. The van der Waals surface area contributed by atoms with Gasteiger partial charge in [0.25, 0.3) is 0 Å². The van der Waals surface area contributed by atoms with Crippen LogP contribution in [0.4, 0.5) is 0 Å².